The molecule has 2 aromatic carbocycles. The van der Waals surface area contributed by atoms with Gasteiger partial charge in [0.25, 0.3) is 0 Å². The fourth-order valence-corrected chi connectivity index (χ4v) is 3.35. The summed E-state index contributed by atoms with van der Waals surface area (Å²) in [7, 11) is 0. The molecule has 0 unspecified atom stereocenters. The minimum atomic E-state index is -4.46. The molecule has 152 valence electrons. The molecule has 0 amide bonds. The lowest BCUT2D eigenvalue weighted by Gasteiger charge is -2.13. The van der Waals surface area contributed by atoms with Crippen molar-refractivity contribution in [2.45, 2.75) is 20.0 Å². The number of rotatable bonds is 4. The Bertz CT molecular complexity index is 1060. The van der Waals surface area contributed by atoms with E-state index in [0.717, 1.165) is 12.1 Å². The number of alkyl halides is 3. The summed E-state index contributed by atoms with van der Waals surface area (Å²) in [4.78, 5) is 16.7. The van der Waals surface area contributed by atoms with Gasteiger partial charge in [-0.25, -0.2) is 9.78 Å². The number of ether oxygens (including phenoxy) is 1. The lowest BCUT2D eigenvalue weighted by atomic mass is 10.1. The van der Waals surface area contributed by atoms with Gasteiger partial charge < -0.3 is 4.74 Å². The molecule has 0 aliphatic heterocycles. The Hall–Kier alpha value is -2.51. The molecule has 0 saturated heterocycles. The van der Waals surface area contributed by atoms with Crippen LogP contribution in [0.15, 0.2) is 42.5 Å². The standard InChI is InChI=1S/C20H15Cl2F3N2O2/c1-3-29-19(28)17-11(2)27(14-7-4-12(5-8-14)20(23,24)25)18(26-17)15-9-6-13(21)10-16(15)22/h4-10H,3H2,1-2H3. The number of halogens is 5. The number of carbonyl (C=O) groups excluding carboxylic acids is 1. The summed E-state index contributed by atoms with van der Waals surface area (Å²) in [6.45, 7) is 3.45. The van der Waals surface area contributed by atoms with Gasteiger partial charge in [-0.15, -0.1) is 0 Å². The molecule has 0 aliphatic carbocycles. The van der Waals surface area contributed by atoms with Gasteiger partial charge in [0, 0.05) is 16.3 Å². The van der Waals surface area contributed by atoms with Crippen LogP contribution in [-0.2, 0) is 10.9 Å². The number of aromatic nitrogens is 2. The monoisotopic (exact) mass is 442 g/mol. The van der Waals surface area contributed by atoms with E-state index >= 15 is 0 Å². The lowest BCUT2D eigenvalue weighted by molar-refractivity contribution is -0.137. The quantitative estimate of drug-likeness (QED) is 0.442. The van der Waals surface area contributed by atoms with Gasteiger partial charge in [-0.3, -0.25) is 4.57 Å². The largest absolute Gasteiger partial charge is 0.461 e. The minimum absolute atomic E-state index is 0.0489. The Morgan fingerprint density at radius 1 is 1.14 bits per heavy atom. The highest BCUT2D eigenvalue weighted by Gasteiger charge is 2.30. The zero-order chi connectivity index (χ0) is 21.3. The van der Waals surface area contributed by atoms with Crippen molar-refractivity contribution in [3.8, 4) is 17.1 Å². The third-order valence-corrected chi connectivity index (χ3v) is 4.75. The summed E-state index contributed by atoms with van der Waals surface area (Å²) >= 11 is 12.3. The molecular weight excluding hydrogens is 428 g/mol. The van der Waals surface area contributed by atoms with Gasteiger partial charge in [0.05, 0.1) is 22.9 Å². The van der Waals surface area contributed by atoms with E-state index in [0.29, 0.717) is 22.0 Å². The van der Waals surface area contributed by atoms with Crippen molar-refractivity contribution in [2.75, 3.05) is 6.61 Å². The molecule has 3 rings (SSSR count). The molecule has 0 N–H and O–H groups in total. The summed E-state index contributed by atoms with van der Waals surface area (Å²) < 4.78 is 45.4. The Kier molecular flexibility index (Phi) is 5.91. The van der Waals surface area contributed by atoms with E-state index in [1.54, 1.807) is 30.5 Å². The fraction of sp³-hybridized carbons (Fsp3) is 0.200. The second-order valence-electron chi connectivity index (χ2n) is 6.09. The molecule has 0 radical (unpaired) electrons. The molecule has 0 aliphatic rings. The molecule has 9 heteroatoms. The van der Waals surface area contributed by atoms with E-state index < -0.39 is 17.7 Å². The highest BCUT2D eigenvalue weighted by molar-refractivity contribution is 6.36. The second-order valence-corrected chi connectivity index (χ2v) is 6.94. The number of benzene rings is 2. The van der Waals surface area contributed by atoms with E-state index in [1.807, 2.05) is 0 Å². The molecule has 29 heavy (non-hydrogen) atoms. The smallest absolute Gasteiger partial charge is 0.416 e. The van der Waals surface area contributed by atoms with Gasteiger partial charge in [0.1, 0.15) is 5.82 Å². The van der Waals surface area contributed by atoms with Gasteiger partial charge in [-0.05, 0) is 56.3 Å². The number of hydrogen-bond acceptors (Lipinski definition) is 3. The molecule has 0 spiro atoms. The van der Waals surface area contributed by atoms with Crippen LogP contribution in [0.25, 0.3) is 17.1 Å². The van der Waals surface area contributed by atoms with Crippen molar-refractivity contribution < 1.29 is 22.7 Å². The molecule has 0 saturated carbocycles. The highest BCUT2D eigenvalue weighted by atomic mass is 35.5. The topological polar surface area (TPSA) is 44.1 Å². The summed E-state index contributed by atoms with van der Waals surface area (Å²) in [5.74, 6) is -0.353. The van der Waals surface area contributed by atoms with Gasteiger partial charge in [-0.1, -0.05) is 23.2 Å². The zero-order valence-electron chi connectivity index (χ0n) is 15.3. The third kappa shape index (κ3) is 4.26. The average molecular weight is 443 g/mol. The van der Waals surface area contributed by atoms with Crippen molar-refractivity contribution in [3.63, 3.8) is 0 Å². The third-order valence-electron chi connectivity index (χ3n) is 4.20. The maximum absolute atomic E-state index is 12.9. The SMILES string of the molecule is CCOC(=O)c1nc(-c2ccc(Cl)cc2Cl)n(-c2ccc(C(F)(F)F)cc2)c1C. The number of carbonyl (C=O) groups is 1. The summed E-state index contributed by atoms with van der Waals surface area (Å²) in [6.07, 6.45) is -4.46. The Balaban J connectivity index is 2.22. The van der Waals surface area contributed by atoms with Crippen LogP contribution in [0.3, 0.4) is 0 Å². The number of esters is 1. The van der Waals surface area contributed by atoms with Gasteiger partial charge >= 0.3 is 12.1 Å². The van der Waals surface area contributed by atoms with Crippen molar-refractivity contribution in [3.05, 3.63) is 69.5 Å². The number of imidazole rings is 1. The van der Waals surface area contributed by atoms with Crippen LogP contribution < -0.4 is 0 Å². The van der Waals surface area contributed by atoms with Crippen LogP contribution in [0.2, 0.25) is 10.0 Å². The van der Waals surface area contributed by atoms with Crippen molar-refractivity contribution in [1.82, 2.24) is 9.55 Å². The Labute approximate surface area is 174 Å². The predicted octanol–water partition coefficient (Wildman–Crippen LogP) is 6.35. The van der Waals surface area contributed by atoms with Crippen LogP contribution in [0.4, 0.5) is 13.2 Å². The van der Waals surface area contributed by atoms with Gasteiger partial charge in [-0.2, -0.15) is 13.2 Å². The molecule has 0 bridgehead atoms. The average Bonchev–Trinajstić information content (AvgIpc) is 2.98. The van der Waals surface area contributed by atoms with Gasteiger partial charge in [0.15, 0.2) is 5.69 Å². The Morgan fingerprint density at radius 3 is 2.34 bits per heavy atom. The van der Waals surface area contributed by atoms with Crippen LogP contribution in [0.5, 0.6) is 0 Å². The first-order chi connectivity index (χ1) is 13.6. The first-order valence-electron chi connectivity index (χ1n) is 8.53. The van der Waals surface area contributed by atoms with E-state index in [9.17, 15) is 18.0 Å². The Morgan fingerprint density at radius 2 is 1.79 bits per heavy atom. The van der Waals surface area contributed by atoms with E-state index in [2.05, 4.69) is 4.98 Å². The van der Waals surface area contributed by atoms with Crippen LogP contribution in [0.1, 0.15) is 28.7 Å². The van der Waals surface area contributed by atoms with Crippen LogP contribution in [-0.4, -0.2) is 22.1 Å². The summed E-state index contributed by atoms with van der Waals surface area (Å²) in [6, 6.07) is 9.29. The summed E-state index contributed by atoms with van der Waals surface area (Å²) in [5, 5.41) is 0.694. The molecule has 3 aromatic rings. The van der Waals surface area contributed by atoms with Crippen molar-refractivity contribution in [2.24, 2.45) is 0 Å². The zero-order valence-corrected chi connectivity index (χ0v) is 16.9. The lowest BCUT2D eigenvalue weighted by Crippen LogP contribution is -2.08. The number of nitrogens with zero attached hydrogens (tertiary/aromatic N) is 2. The molecule has 0 fully saturated rings. The van der Waals surface area contributed by atoms with E-state index in [-0.39, 0.29) is 23.1 Å². The maximum Gasteiger partial charge on any atom is 0.416 e. The maximum atomic E-state index is 12.9. The predicted molar refractivity (Wildman–Crippen MR) is 105 cm³/mol. The number of hydrogen-bond donors (Lipinski definition) is 0. The molecule has 0 atom stereocenters. The molecule has 4 nitrogen and oxygen atoms in total. The normalized spacial score (nSPS) is 11.6. The second kappa shape index (κ2) is 8.08. The van der Waals surface area contributed by atoms with Crippen LogP contribution >= 0.6 is 23.2 Å². The molecule has 1 aromatic heterocycles. The molecule has 1 heterocycles. The first kappa shape index (κ1) is 21.2. The van der Waals surface area contributed by atoms with E-state index in [1.165, 1.54) is 18.2 Å². The minimum Gasteiger partial charge on any atom is -0.461 e. The van der Waals surface area contributed by atoms with Gasteiger partial charge in [0.2, 0.25) is 0 Å². The summed E-state index contributed by atoms with van der Waals surface area (Å²) in [5.41, 5.74) is 0.530. The highest BCUT2D eigenvalue weighted by Crippen LogP contribution is 2.35. The first-order valence-corrected chi connectivity index (χ1v) is 9.28. The van der Waals surface area contributed by atoms with Crippen LogP contribution in [0, 0.1) is 6.92 Å². The van der Waals surface area contributed by atoms with Crippen molar-refractivity contribution in [1.29, 1.82) is 0 Å². The van der Waals surface area contributed by atoms with Crippen molar-refractivity contribution >= 4 is 29.2 Å². The fourth-order valence-electron chi connectivity index (χ4n) is 2.86. The van der Waals surface area contributed by atoms with E-state index in [4.69, 9.17) is 27.9 Å². The molecular formula is C20H15Cl2F3N2O2.